The summed E-state index contributed by atoms with van der Waals surface area (Å²) in [4.78, 5) is 14.4. The van der Waals surface area contributed by atoms with E-state index in [0.717, 1.165) is 45.4 Å². The molecule has 0 aromatic heterocycles. The van der Waals surface area contributed by atoms with E-state index in [9.17, 15) is 4.79 Å². The van der Waals surface area contributed by atoms with Gasteiger partial charge in [0.05, 0.1) is 6.10 Å². The SMILES string of the molecule is COC(c1ccccc1)C1CCN(C(=O)C2CCCO2)CC1. The van der Waals surface area contributed by atoms with E-state index in [1.54, 1.807) is 7.11 Å². The second-order valence-corrected chi connectivity index (χ2v) is 6.23. The quantitative estimate of drug-likeness (QED) is 0.858. The van der Waals surface area contributed by atoms with Crippen molar-refractivity contribution in [1.82, 2.24) is 4.90 Å². The number of likely N-dealkylation sites (tertiary alicyclic amines) is 1. The average Bonchev–Trinajstić information content (AvgIpc) is 3.11. The monoisotopic (exact) mass is 303 g/mol. The van der Waals surface area contributed by atoms with Gasteiger partial charge in [-0.05, 0) is 37.2 Å². The fraction of sp³-hybridized carbons (Fsp3) is 0.611. The summed E-state index contributed by atoms with van der Waals surface area (Å²) in [7, 11) is 1.78. The van der Waals surface area contributed by atoms with E-state index in [-0.39, 0.29) is 18.1 Å². The summed E-state index contributed by atoms with van der Waals surface area (Å²) < 4.78 is 11.3. The average molecular weight is 303 g/mol. The fourth-order valence-electron chi connectivity index (χ4n) is 3.64. The first-order valence-electron chi connectivity index (χ1n) is 8.27. The van der Waals surface area contributed by atoms with Gasteiger partial charge in [0.1, 0.15) is 6.10 Å². The van der Waals surface area contributed by atoms with Gasteiger partial charge in [0.15, 0.2) is 0 Å². The van der Waals surface area contributed by atoms with Crippen molar-refractivity contribution in [3.05, 3.63) is 35.9 Å². The normalized spacial score (nSPS) is 24.4. The highest BCUT2D eigenvalue weighted by Crippen LogP contribution is 2.33. The summed E-state index contributed by atoms with van der Waals surface area (Å²) >= 11 is 0. The van der Waals surface area contributed by atoms with Crippen LogP contribution in [0.3, 0.4) is 0 Å². The van der Waals surface area contributed by atoms with Crippen molar-refractivity contribution in [3.8, 4) is 0 Å². The molecule has 2 heterocycles. The number of amides is 1. The maximum atomic E-state index is 12.4. The maximum Gasteiger partial charge on any atom is 0.251 e. The number of carbonyl (C=O) groups is 1. The lowest BCUT2D eigenvalue weighted by Gasteiger charge is -2.36. The summed E-state index contributed by atoms with van der Waals surface area (Å²) in [6.45, 7) is 2.36. The zero-order valence-corrected chi connectivity index (χ0v) is 13.2. The van der Waals surface area contributed by atoms with Crippen molar-refractivity contribution in [1.29, 1.82) is 0 Å². The van der Waals surface area contributed by atoms with Crippen LogP contribution >= 0.6 is 0 Å². The van der Waals surface area contributed by atoms with Gasteiger partial charge >= 0.3 is 0 Å². The second-order valence-electron chi connectivity index (χ2n) is 6.23. The molecule has 0 aliphatic carbocycles. The molecule has 0 bridgehead atoms. The van der Waals surface area contributed by atoms with Crippen molar-refractivity contribution in [2.24, 2.45) is 5.92 Å². The van der Waals surface area contributed by atoms with Gasteiger partial charge in [-0.2, -0.15) is 0 Å². The van der Waals surface area contributed by atoms with Crippen LogP contribution in [-0.4, -0.2) is 43.7 Å². The molecule has 3 rings (SSSR count). The molecular formula is C18H25NO3. The van der Waals surface area contributed by atoms with Crippen molar-refractivity contribution in [3.63, 3.8) is 0 Å². The molecule has 0 spiro atoms. The molecular weight excluding hydrogens is 278 g/mol. The molecule has 2 saturated heterocycles. The number of rotatable bonds is 4. The van der Waals surface area contributed by atoms with E-state index in [1.807, 2.05) is 11.0 Å². The van der Waals surface area contributed by atoms with Crippen LogP contribution in [0.1, 0.15) is 37.4 Å². The van der Waals surface area contributed by atoms with Crippen LogP contribution in [-0.2, 0) is 14.3 Å². The second kappa shape index (κ2) is 7.25. The van der Waals surface area contributed by atoms with E-state index in [4.69, 9.17) is 9.47 Å². The van der Waals surface area contributed by atoms with E-state index in [0.29, 0.717) is 5.92 Å². The van der Waals surface area contributed by atoms with Crippen LogP contribution in [0.25, 0.3) is 0 Å². The highest BCUT2D eigenvalue weighted by molar-refractivity contribution is 5.81. The van der Waals surface area contributed by atoms with Gasteiger partial charge in [-0.25, -0.2) is 0 Å². The molecule has 0 saturated carbocycles. The minimum Gasteiger partial charge on any atom is -0.376 e. The van der Waals surface area contributed by atoms with E-state index in [1.165, 1.54) is 5.56 Å². The number of hydrogen-bond donors (Lipinski definition) is 0. The van der Waals surface area contributed by atoms with Crippen LogP contribution in [0, 0.1) is 5.92 Å². The summed E-state index contributed by atoms with van der Waals surface area (Å²) in [5.41, 5.74) is 1.23. The largest absolute Gasteiger partial charge is 0.376 e. The minimum absolute atomic E-state index is 0.126. The number of benzene rings is 1. The zero-order chi connectivity index (χ0) is 15.4. The molecule has 1 amide bonds. The molecule has 22 heavy (non-hydrogen) atoms. The first-order chi connectivity index (χ1) is 10.8. The Bertz CT molecular complexity index is 476. The Hall–Kier alpha value is -1.39. The van der Waals surface area contributed by atoms with Gasteiger partial charge < -0.3 is 14.4 Å². The molecule has 2 atom stereocenters. The topological polar surface area (TPSA) is 38.8 Å². The molecule has 0 radical (unpaired) electrons. The summed E-state index contributed by atoms with van der Waals surface area (Å²) in [5.74, 6) is 0.658. The Kier molecular flexibility index (Phi) is 5.11. The van der Waals surface area contributed by atoms with Gasteiger partial charge in [0.2, 0.25) is 0 Å². The van der Waals surface area contributed by atoms with Gasteiger partial charge in [0.25, 0.3) is 5.91 Å². The number of carbonyl (C=O) groups excluding carboxylic acids is 1. The Morgan fingerprint density at radius 1 is 1.23 bits per heavy atom. The van der Waals surface area contributed by atoms with E-state index in [2.05, 4.69) is 24.3 Å². The Morgan fingerprint density at radius 2 is 1.95 bits per heavy atom. The van der Waals surface area contributed by atoms with E-state index >= 15 is 0 Å². The summed E-state index contributed by atoms with van der Waals surface area (Å²) in [6.07, 6.45) is 3.80. The van der Waals surface area contributed by atoms with Crippen LogP contribution < -0.4 is 0 Å². The Labute approximate surface area is 132 Å². The molecule has 1 aromatic carbocycles. The van der Waals surface area contributed by atoms with Crippen LogP contribution in [0.5, 0.6) is 0 Å². The molecule has 4 heteroatoms. The van der Waals surface area contributed by atoms with E-state index < -0.39 is 0 Å². The standard InChI is InChI=1S/C18H25NO3/c1-21-17(14-6-3-2-4-7-14)15-9-11-19(12-10-15)18(20)16-8-5-13-22-16/h2-4,6-7,15-17H,5,8-13H2,1H3. The first kappa shape index (κ1) is 15.5. The Morgan fingerprint density at radius 3 is 2.55 bits per heavy atom. The third-order valence-corrected chi connectivity index (χ3v) is 4.87. The first-order valence-corrected chi connectivity index (χ1v) is 8.27. The van der Waals surface area contributed by atoms with Gasteiger partial charge in [0, 0.05) is 26.8 Å². The van der Waals surface area contributed by atoms with Crippen molar-refractivity contribution in [2.45, 2.75) is 37.9 Å². The third kappa shape index (κ3) is 3.33. The van der Waals surface area contributed by atoms with Crippen molar-refractivity contribution < 1.29 is 14.3 Å². The van der Waals surface area contributed by atoms with Crippen LogP contribution in [0.4, 0.5) is 0 Å². The summed E-state index contributed by atoms with van der Waals surface area (Å²) in [5, 5.41) is 0. The molecule has 4 nitrogen and oxygen atoms in total. The van der Waals surface area contributed by atoms with Crippen molar-refractivity contribution in [2.75, 3.05) is 26.8 Å². The predicted molar refractivity (Wildman–Crippen MR) is 84.5 cm³/mol. The summed E-state index contributed by atoms with van der Waals surface area (Å²) in [6, 6.07) is 10.4. The molecule has 2 unspecified atom stereocenters. The fourth-order valence-corrected chi connectivity index (χ4v) is 3.64. The lowest BCUT2D eigenvalue weighted by Crippen LogP contribution is -2.44. The number of nitrogens with zero attached hydrogens (tertiary/aromatic N) is 1. The number of methoxy groups -OCH3 is 1. The highest BCUT2D eigenvalue weighted by Gasteiger charge is 2.33. The van der Waals surface area contributed by atoms with Crippen molar-refractivity contribution >= 4 is 5.91 Å². The minimum atomic E-state index is -0.191. The van der Waals surface area contributed by atoms with Crippen LogP contribution in [0.15, 0.2) is 30.3 Å². The highest BCUT2D eigenvalue weighted by atomic mass is 16.5. The molecule has 2 fully saturated rings. The van der Waals surface area contributed by atoms with Crippen LogP contribution in [0.2, 0.25) is 0 Å². The molecule has 2 aliphatic rings. The zero-order valence-electron chi connectivity index (χ0n) is 13.2. The van der Waals surface area contributed by atoms with Gasteiger partial charge in [-0.1, -0.05) is 30.3 Å². The smallest absolute Gasteiger partial charge is 0.251 e. The molecule has 2 aliphatic heterocycles. The number of ether oxygens (including phenoxy) is 2. The maximum absolute atomic E-state index is 12.4. The number of hydrogen-bond acceptors (Lipinski definition) is 3. The molecule has 0 N–H and O–H groups in total. The lowest BCUT2D eigenvalue weighted by atomic mass is 9.87. The van der Waals surface area contributed by atoms with Gasteiger partial charge in [-0.15, -0.1) is 0 Å². The predicted octanol–water partition coefficient (Wildman–Crippen LogP) is 2.79. The lowest BCUT2D eigenvalue weighted by molar-refractivity contribution is -0.143. The molecule has 120 valence electrons. The van der Waals surface area contributed by atoms with Gasteiger partial charge in [-0.3, -0.25) is 4.79 Å². The third-order valence-electron chi connectivity index (χ3n) is 4.87. The Balaban J connectivity index is 1.57. The number of piperidine rings is 1. The molecule has 1 aromatic rings.